The molecule has 1 aromatic carbocycles. The highest BCUT2D eigenvalue weighted by molar-refractivity contribution is 7.10. The van der Waals surface area contributed by atoms with E-state index in [2.05, 4.69) is 53.6 Å². The van der Waals surface area contributed by atoms with E-state index in [1.54, 1.807) is 0 Å². The van der Waals surface area contributed by atoms with Crippen molar-refractivity contribution < 1.29 is 0 Å². The maximum atomic E-state index is 6.24. The van der Waals surface area contributed by atoms with Gasteiger partial charge in [-0.2, -0.15) is 0 Å². The molecule has 3 rings (SSSR count). The second-order valence-corrected chi connectivity index (χ2v) is 6.29. The number of hydrogen-bond donors (Lipinski definition) is 1. The van der Waals surface area contributed by atoms with Crippen molar-refractivity contribution in [2.24, 2.45) is 5.73 Å². The van der Waals surface area contributed by atoms with E-state index in [9.17, 15) is 0 Å². The lowest BCUT2D eigenvalue weighted by atomic mass is 9.96. The average Bonchev–Trinajstić information content (AvgIpc) is 2.92. The van der Waals surface area contributed by atoms with E-state index in [4.69, 9.17) is 5.73 Å². The molecule has 2 aromatic rings. The van der Waals surface area contributed by atoms with Crippen LogP contribution in [0.4, 0.5) is 0 Å². The van der Waals surface area contributed by atoms with Gasteiger partial charge in [-0.15, -0.1) is 11.3 Å². The summed E-state index contributed by atoms with van der Waals surface area (Å²) in [5.41, 5.74) is 9.19. The second kappa shape index (κ2) is 5.45. The Kier molecular flexibility index (Phi) is 3.69. The number of hydrogen-bond acceptors (Lipinski definition) is 3. The lowest BCUT2D eigenvalue weighted by Crippen LogP contribution is -2.41. The molecule has 1 aliphatic rings. The van der Waals surface area contributed by atoms with E-state index >= 15 is 0 Å². The van der Waals surface area contributed by atoms with Crippen LogP contribution >= 0.6 is 11.3 Å². The van der Waals surface area contributed by atoms with Crippen molar-refractivity contribution in [1.29, 1.82) is 0 Å². The zero-order valence-electron chi connectivity index (χ0n) is 11.3. The molecule has 0 amide bonds. The van der Waals surface area contributed by atoms with Gasteiger partial charge < -0.3 is 5.73 Å². The second-order valence-electron chi connectivity index (χ2n) is 5.31. The Morgan fingerprint density at radius 3 is 2.63 bits per heavy atom. The van der Waals surface area contributed by atoms with Crippen molar-refractivity contribution in [3.8, 4) is 0 Å². The van der Waals surface area contributed by atoms with Crippen LogP contribution in [0.15, 0.2) is 41.8 Å². The first-order valence-electron chi connectivity index (χ1n) is 6.85. The minimum absolute atomic E-state index is 0.156. The summed E-state index contributed by atoms with van der Waals surface area (Å²) in [4.78, 5) is 3.91. The fourth-order valence-corrected chi connectivity index (χ4v) is 3.96. The number of fused-ring (bicyclic) bond motifs is 1. The molecular formula is C16H20N2S. The predicted octanol–water partition coefficient (Wildman–Crippen LogP) is 3.19. The van der Waals surface area contributed by atoms with Gasteiger partial charge in [0.05, 0.1) is 6.04 Å². The van der Waals surface area contributed by atoms with Gasteiger partial charge in [-0.3, -0.25) is 4.90 Å². The summed E-state index contributed by atoms with van der Waals surface area (Å²) in [6.45, 7) is 4.23. The lowest BCUT2D eigenvalue weighted by molar-refractivity contribution is 0.162. The minimum atomic E-state index is 0.156. The fraction of sp³-hybridized carbons (Fsp3) is 0.375. The van der Waals surface area contributed by atoms with Gasteiger partial charge in [-0.05, 0) is 35.9 Å². The van der Waals surface area contributed by atoms with Gasteiger partial charge in [0.1, 0.15) is 0 Å². The van der Waals surface area contributed by atoms with Gasteiger partial charge >= 0.3 is 0 Å². The Labute approximate surface area is 118 Å². The van der Waals surface area contributed by atoms with Crippen molar-refractivity contribution in [1.82, 2.24) is 4.90 Å². The van der Waals surface area contributed by atoms with Crippen LogP contribution in [-0.2, 0) is 13.0 Å². The van der Waals surface area contributed by atoms with Gasteiger partial charge in [0.2, 0.25) is 0 Å². The molecule has 2 heterocycles. The smallest absolute Gasteiger partial charge is 0.0593 e. The molecule has 100 valence electrons. The molecule has 1 aromatic heterocycles. The van der Waals surface area contributed by atoms with Gasteiger partial charge in [0, 0.05) is 24.0 Å². The highest BCUT2D eigenvalue weighted by Gasteiger charge is 2.27. The molecule has 0 saturated heterocycles. The van der Waals surface area contributed by atoms with E-state index in [0.717, 1.165) is 19.5 Å². The van der Waals surface area contributed by atoms with Crippen molar-refractivity contribution >= 4 is 11.3 Å². The van der Waals surface area contributed by atoms with Crippen molar-refractivity contribution in [3.63, 3.8) is 0 Å². The van der Waals surface area contributed by atoms with E-state index in [1.807, 2.05) is 11.3 Å². The summed E-state index contributed by atoms with van der Waals surface area (Å²) in [5, 5.41) is 2.14. The molecule has 2 atom stereocenters. The molecule has 0 fully saturated rings. The molecule has 19 heavy (non-hydrogen) atoms. The van der Waals surface area contributed by atoms with Gasteiger partial charge in [-0.25, -0.2) is 0 Å². The average molecular weight is 272 g/mol. The summed E-state index contributed by atoms with van der Waals surface area (Å²) in [6.07, 6.45) is 1.13. The van der Waals surface area contributed by atoms with Crippen LogP contribution in [0.5, 0.6) is 0 Å². The van der Waals surface area contributed by atoms with Gasteiger partial charge in [0.25, 0.3) is 0 Å². The fourth-order valence-electron chi connectivity index (χ4n) is 2.99. The van der Waals surface area contributed by atoms with Crippen LogP contribution < -0.4 is 5.73 Å². The number of nitrogens with zero attached hydrogens (tertiary/aromatic N) is 1. The molecule has 0 saturated carbocycles. The maximum Gasteiger partial charge on any atom is 0.0593 e. The van der Waals surface area contributed by atoms with Crippen molar-refractivity contribution in [2.75, 3.05) is 6.54 Å². The van der Waals surface area contributed by atoms with Crippen molar-refractivity contribution in [2.45, 2.75) is 32.0 Å². The van der Waals surface area contributed by atoms with E-state index in [1.165, 1.54) is 16.0 Å². The SMILES string of the molecule is CC(N)C(c1cccs1)N1CCc2ccccc2C1. The Morgan fingerprint density at radius 1 is 1.16 bits per heavy atom. The normalized spacial score (nSPS) is 18.8. The Balaban J connectivity index is 1.86. The van der Waals surface area contributed by atoms with E-state index < -0.39 is 0 Å². The molecule has 3 heteroatoms. The first kappa shape index (κ1) is 12.9. The highest BCUT2D eigenvalue weighted by atomic mass is 32.1. The Morgan fingerprint density at radius 2 is 1.95 bits per heavy atom. The topological polar surface area (TPSA) is 29.3 Å². The highest BCUT2D eigenvalue weighted by Crippen LogP contribution is 2.31. The van der Waals surface area contributed by atoms with Crippen LogP contribution in [0.3, 0.4) is 0 Å². The number of thiophene rings is 1. The van der Waals surface area contributed by atoms with E-state index in [0.29, 0.717) is 6.04 Å². The molecule has 0 aliphatic carbocycles. The van der Waals surface area contributed by atoms with Gasteiger partial charge in [-0.1, -0.05) is 30.3 Å². The number of benzene rings is 1. The Bertz CT molecular complexity index is 533. The molecule has 0 radical (unpaired) electrons. The molecule has 2 nitrogen and oxygen atoms in total. The summed E-state index contributed by atoms with van der Waals surface area (Å²) < 4.78 is 0. The Hall–Kier alpha value is -1.16. The predicted molar refractivity (Wildman–Crippen MR) is 81.3 cm³/mol. The van der Waals surface area contributed by atoms with E-state index in [-0.39, 0.29) is 6.04 Å². The maximum absolute atomic E-state index is 6.24. The molecule has 2 unspecified atom stereocenters. The minimum Gasteiger partial charge on any atom is -0.326 e. The monoisotopic (exact) mass is 272 g/mol. The number of rotatable bonds is 3. The molecule has 1 aliphatic heterocycles. The summed E-state index contributed by atoms with van der Waals surface area (Å²) in [6, 6.07) is 13.6. The van der Waals surface area contributed by atoms with Crippen molar-refractivity contribution in [3.05, 3.63) is 57.8 Å². The lowest BCUT2D eigenvalue weighted by Gasteiger charge is -2.37. The van der Waals surface area contributed by atoms with Crippen LogP contribution in [0.1, 0.15) is 29.0 Å². The third kappa shape index (κ3) is 2.59. The summed E-state index contributed by atoms with van der Waals surface area (Å²) in [7, 11) is 0. The van der Waals surface area contributed by atoms with Crippen LogP contribution in [0, 0.1) is 0 Å². The third-order valence-electron chi connectivity index (χ3n) is 3.89. The molecule has 0 bridgehead atoms. The van der Waals surface area contributed by atoms with Gasteiger partial charge in [0.15, 0.2) is 0 Å². The molecule has 2 N–H and O–H groups in total. The first-order chi connectivity index (χ1) is 9.25. The summed E-state index contributed by atoms with van der Waals surface area (Å²) >= 11 is 1.81. The molecular weight excluding hydrogens is 252 g/mol. The largest absolute Gasteiger partial charge is 0.326 e. The summed E-state index contributed by atoms with van der Waals surface area (Å²) in [5.74, 6) is 0. The third-order valence-corrected chi connectivity index (χ3v) is 4.83. The molecule has 0 spiro atoms. The zero-order valence-corrected chi connectivity index (χ0v) is 12.1. The quantitative estimate of drug-likeness (QED) is 0.929. The van der Waals surface area contributed by atoms with Crippen LogP contribution in [0.25, 0.3) is 0 Å². The standard InChI is InChI=1S/C16H20N2S/c1-12(17)16(15-7-4-10-19-15)18-9-8-13-5-2-3-6-14(13)11-18/h2-7,10,12,16H,8-9,11,17H2,1H3. The number of nitrogens with two attached hydrogens (primary N) is 1. The van der Waals surface area contributed by atoms with Crippen LogP contribution in [-0.4, -0.2) is 17.5 Å². The van der Waals surface area contributed by atoms with Crippen LogP contribution in [0.2, 0.25) is 0 Å². The zero-order chi connectivity index (χ0) is 13.2. The first-order valence-corrected chi connectivity index (χ1v) is 7.73.